The Hall–Kier alpha value is -4.26. The van der Waals surface area contributed by atoms with Crippen molar-refractivity contribution < 1.29 is 9.53 Å². The Labute approximate surface area is 199 Å². The Morgan fingerprint density at radius 2 is 1.50 bits per heavy atom. The van der Waals surface area contributed by atoms with Gasteiger partial charge in [0.2, 0.25) is 0 Å². The standard InChI is InChI=1S/C27H27N5O2/c1-27(2,3)34-26(33)31-23-14-7-15-24(30-23)32(22-12-5-4-6-13-22)25(20-10-8-16-28-18-20)21-11-9-17-29-19-21/h4-19,25H,1-3H3,(H,30,31,33). The third kappa shape index (κ3) is 5.75. The normalized spacial score (nSPS) is 11.2. The molecule has 34 heavy (non-hydrogen) atoms. The maximum absolute atomic E-state index is 12.4. The maximum atomic E-state index is 12.4. The van der Waals surface area contributed by atoms with E-state index in [-0.39, 0.29) is 6.04 Å². The molecule has 0 bridgehead atoms. The van der Waals surface area contributed by atoms with Gasteiger partial charge in [0.15, 0.2) is 0 Å². The molecule has 0 aliphatic heterocycles. The Kier molecular flexibility index (Phi) is 6.82. The van der Waals surface area contributed by atoms with Crippen LogP contribution in [0.25, 0.3) is 0 Å². The van der Waals surface area contributed by atoms with Crippen molar-refractivity contribution in [2.24, 2.45) is 0 Å². The van der Waals surface area contributed by atoms with Gasteiger partial charge in [0.05, 0.1) is 6.04 Å². The number of carbonyl (C=O) groups is 1. The van der Waals surface area contributed by atoms with Gasteiger partial charge in [-0.25, -0.2) is 9.78 Å². The summed E-state index contributed by atoms with van der Waals surface area (Å²) in [4.78, 5) is 27.9. The van der Waals surface area contributed by atoms with Gasteiger partial charge in [-0.2, -0.15) is 0 Å². The zero-order valence-corrected chi connectivity index (χ0v) is 19.4. The zero-order valence-electron chi connectivity index (χ0n) is 19.4. The van der Waals surface area contributed by atoms with Crippen LogP contribution in [0, 0.1) is 0 Å². The van der Waals surface area contributed by atoms with Gasteiger partial charge in [0.25, 0.3) is 0 Å². The number of hydrogen-bond donors (Lipinski definition) is 1. The summed E-state index contributed by atoms with van der Waals surface area (Å²) in [5.41, 5.74) is 2.28. The van der Waals surface area contributed by atoms with Gasteiger partial charge < -0.3 is 9.64 Å². The summed E-state index contributed by atoms with van der Waals surface area (Å²) >= 11 is 0. The van der Waals surface area contributed by atoms with E-state index in [1.165, 1.54) is 0 Å². The molecule has 0 saturated carbocycles. The third-order valence-electron chi connectivity index (χ3n) is 4.90. The van der Waals surface area contributed by atoms with Gasteiger partial charge in [0.1, 0.15) is 17.2 Å². The molecule has 0 fully saturated rings. The first kappa shape index (κ1) is 22.9. The molecule has 4 rings (SSSR count). The van der Waals surface area contributed by atoms with Crippen LogP contribution in [-0.4, -0.2) is 26.6 Å². The van der Waals surface area contributed by atoms with Crippen molar-refractivity contribution >= 4 is 23.4 Å². The van der Waals surface area contributed by atoms with E-state index in [1.807, 2.05) is 99.9 Å². The number of benzene rings is 1. The van der Waals surface area contributed by atoms with E-state index in [4.69, 9.17) is 9.72 Å². The Morgan fingerprint density at radius 3 is 2.06 bits per heavy atom. The van der Waals surface area contributed by atoms with E-state index < -0.39 is 11.7 Å². The molecule has 4 aromatic rings. The largest absolute Gasteiger partial charge is 0.444 e. The molecule has 0 saturated heterocycles. The number of amides is 1. The van der Waals surface area contributed by atoms with Crippen molar-refractivity contribution in [2.45, 2.75) is 32.4 Å². The second kappa shape index (κ2) is 10.1. The average Bonchev–Trinajstić information content (AvgIpc) is 2.83. The molecule has 0 aliphatic rings. The van der Waals surface area contributed by atoms with E-state index in [1.54, 1.807) is 18.5 Å². The Bertz CT molecular complexity index is 1170. The highest BCUT2D eigenvalue weighted by Gasteiger charge is 2.26. The fourth-order valence-corrected chi connectivity index (χ4v) is 3.60. The molecule has 0 radical (unpaired) electrons. The summed E-state index contributed by atoms with van der Waals surface area (Å²) in [5.74, 6) is 1.04. The number of hydrogen-bond acceptors (Lipinski definition) is 6. The van der Waals surface area contributed by atoms with E-state index >= 15 is 0 Å². The van der Waals surface area contributed by atoms with Crippen LogP contribution < -0.4 is 10.2 Å². The monoisotopic (exact) mass is 453 g/mol. The molecule has 0 aliphatic carbocycles. The van der Waals surface area contributed by atoms with Crippen LogP contribution in [0.15, 0.2) is 97.6 Å². The van der Waals surface area contributed by atoms with Crippen LogP contribution in [0.1, 0.15) is 37.9 Å². The molecule has 0 spiro atoms. The van der Waals surface area contributed by atoms with Crippen LogP contribution in [0.4, 0.5) is 22.1 Å². The second-order valence-corrected chi connectivity index (χ2v) is 8.69. The summed E-state index contributed by atoms with van der Waals surface area (Å²) in [5, 5.41) is 2.74. The van der Waals surface area contributed by atoms with Gasteiger partial charge in [0, 0.05) is 30.5 Å². The van der Waals surface area contributed by atoms with Crippen molar-refractivity contribution in [2.75, 3.05) is 10.2 Å². The van der Waals surface area contributed by atoms with Crippen LogP contribution in [0.3, 0.4) is 0 Å². The number of para-hydroxylation sites is 1. The molecular formula is C27H27N5O2. The topological polar surface area (TPSA) is 80.2 Å². The van der Waals surface area contributed by atoms with Crippen molar-refractivity contribution in [3.8, 4) is 0 Å². The molecule has 1 aromatic carbocycles. The fraction of sp³-hybridized carbons (Fsp3) is 0.185. The highest BCUT2D eigenvalue weighted by atomic mass is 16.6. The Morgan fingerprint density at radius 1 is 0.853 bits per heavy atom. The van der Waals surface area contributed by atoms with E-state index in [9.17, 15) is 4.79 Å². The Balaban J connectivity index is 1.80. The molecule has 1 amide bonds. The van der Waals surface area contributed by atoms with Crippen molar-refractivity contribution in [3.05, 3.63) is 109 Å². The van der Waals surface area contributed by atoms with E-state index in [2.05, 4.69) is 20.2 Å². The van der Waals surface area contributed by atoms with Gasteiger partial charge in [-0.15, -0.1) is 0 Å². The smallest absolute Gasteiger partial charge is 0.413 e. The molecule has 1 N–H and O–H groups in total. The molecule has 3 heterocycles. The van der Waals surface area contributed by atoms with Crippen molar-refractivity contribution in [3.63, 3.8) is 0 Å². The lowest BCUT2D eigenvalue weighted by atomic mass is 9.99. The summed E-state index contributed by atoms with van der Waals surface area (Å²) in [7, 11) is 0. The van der Waals surface area contributed by atoms with Crippen LogP contribution in [-0.2, 0) is 4.74 Å². The van der Waals surface area contributed by atoms with Gasteiger partial charge in [-0.05, 0) is 68.3 Å². The predicted octanol–water partition coefficient (Wildman–Crippen LogP) is 6.15. The van der Waals surface area contributed by atoms with Crippen LogP contribution in [0.5, 0.6) is 0 Å². The highest BCUT2D eigenvalue weighted by Crippen LogP contribution is 2.38. The minimum Gasteiger partial charge on any atom is -0.444 e. The minimum absolute atomic E-state index is 0.255. The third-order valence-corrected chi connectivity index (χ3v) is 4.90. The lowest BCUT2D eigenvalue weighted by Gasteiger charge is -2.33. The molecule has 172 valence electrons. The van der Waals surface area contributed by atoms with Gasteiger partial charge in [-0.3, -0.25) is 15.3 Å². The van der Waals surface area contributed by atoms with Crippen LogP contribution >= 0.6 is 0 Å². The first-order valence-electron chi connectivity index (χ1n) is 11.0. The average molecular weight is 454 g/mol. The predicted molar refractivity (Wildman–Crippen MR) is 133 cm³/mol. The second-order valence-electron chi connectivity index (χ2n) is 8.69. The summed E-state index contributed by atoms with van der Waals surface area (Å²) in [6.45, 7) is 5.46. The number of anilines is 3. The molecule has 3 aromatic heterocycles. The lowest BCUT2D eigenvalue weighted by molar-refractivity contribution is 0.0635. The first-order valence-corrected chi connectivity index (χ1v) is 11.0. The summed E-state index contributed by atoms with van der Waals surface area (Å²) in [6, 6.07) is 23.1. The molecular weight excluding hydrogens is 426 g/mol. The number of nitrogens with zero attached hydrogens (tertiary/aromatic N) is 4. The SMILES string of the molecule is CC(C)(C)OC(=O)Nc1cccc(N(c2ccccc2)C(c2cccnc2)c2cccnc2)n1. The number of ether oxygens (including phenoxy) is 1. The van der Waals surface area contributed by atoms with Crippen LogP contribution in [0.2, 0.25) is 0 Å². The number of pyridine rings is 3. The van der Waals surface area contributed by atoms with Crippen molar-refractivity contribution in [1.29, 1.82) is 0 Å². The lowest BCUT2D eigenvalue weighted by Crippen LogP contribution is -2.28. The van der Waals surface area contributed by atoms with Gasteiger partial charge >= 0.3 is 6.09 Å². The molecule has 0 unspecified atom stereocenters. The van der Waals surface area contributed by atoms with Gasteiger partial charge in [-0.1, -0.05) is 36.4 Å². The molecule has 7 heteroatoms. The fourth-order valence-electron chi connectivity index (χ4n) is 3.60. The van der Waals surface area contributed by atoms with E-state index in [0.29, 0.717) is 11.6 Å². The quantitative estimate of drug-likeness (QED) is 0.377. The molecule has 0 atom stereocenters. The first-order chi connectivity index (χ1) is 16.4. The molecule has 7 nitrogen and oxygen atoms in total. The maximum Gasteiger partial charge on any atom is 0.413 e. The summed E-state index contributed by atoms with van der Waals surface area (Å²) < 4.78 is 5.39. The summed E-state index contributed by atoms with van der Waals surface area (Å²) in [6.07, 6.45) is 6.63. The number of carbonyl (C=O) groups excluding carboxylic acids is 1. The number of nitrogens with one attached hydrogen (secondary N) is 1. The number of rotatable bonds is 6. The zero-order chi connectivity index (χ0) is 24.0. The minimum atomic E-state index is -0.608. The van der Waals surface area contributed by atoms with Crippen molar-refractivity contribution in [1.82, 2.24) is 15.0 Å². The highest BCUT2D eigenvalue weighted by molar-refractivity contribution is 5.84. The van der Waals surface area contributed by atoms with E-state index in [0.717, 1.165) is 16.8 Å². The number of aromatic nitrogens is 3.